The van der Waals surface area contributed by atoms with Crippen LogP contribution >= 0.6 is 0 Å². The van der Waals surface area contributed by atoms with E-state index in [0.717, 1.165) is 37.6 Å². The largest absolute Gasteiger partial charge is 0.369 e. The highest BCUT2D eigenvalue weighted by Gasteiger charge is 2.26. The van der Waals surface area contributed by atoms with Gasteiger partial charge in [0.05, 0.1) is 22.1 Å². The lowest BCUT2D eigenvalue weighted by Gasteiger charge is -2.34. The van der Waals surface area contributed by atoms with Crippen molar-refractivity contribution in [2.45, 2.75) is 4.90 Å². The Morgan fingerprint density at radius 2 is 1.60 bits per heavy atom. The van der Waals surface area contributed by atoms with Gasteiger partial charge >= 0.3 is 0 Å². The number of rotatable bonds is 8. The predicted molar refractivity (Wildman–Crippen MR) is 175 cm³/mol. The first-order chi connectivity index (χ1) is 21.7. The molecule has 0 bridgehead atoms. The summed E-state index contributed by atoms with van der Waals surface area (Å²) in [4.78, 5) is 30.9. The fraction of sp³-hybridized carbons (Fsp3) is 0.147. The summed E-state index contributed by atoms with van der Waals surface area (Å²) in [5, 5.41) is 15.0. The van der Waals surface area contributed by atoms with Gasteiger partial charge in [0.1, 0.15) is 0 Å². The van der Waals surface area contributed by atoms with Crippen LogP contribution in [0.25, 0.3) is 5.57 Å². The molecule has 4 aromatic carbocycles. The zero-order valence-electron chi connectivity index (χ0n) is 24.4. The Morgan fingerprint density at radius 1 is 0.889 bits per heavy atom. The lowest BCUT2D eigenvalue weighted by molar-refractivity contribution is -0.110. The smallest absolute Gasteiger partial charge is 0.261 e. The van der Waals surface area contributed by atoms with Gasteiger partial charge in [-0.2, -0.15) is 5.26 Å². The van der Waals surface area contributed by atoms with Crippen LogP contribution < -0.4 is 20.3 Å². The monoisotopic (exact) mass is 618 g/mol. The zero-order valence-corrected chi connectivity index (χ0v) is 25.3. The molecule has 2 aliphatic heterocycles. The van der Waals surface area contributed by atoms with Crippen LogP contribution in [0.15, 0.2) is 102 Å². The topological polar surface area (TPSA) is 135 Å². The van der Waals surface area contributed by atoms with Crippen molar-refractivity contribution in [3.05, 3.63) is 119 Å². The van der Waals surface area contributed by atoms with Crippen LogP contribution in [0.5, 0.6) is 0 Å². The Hall–Kier alpha value is -5.44. The quantitative estimate of drug-likeness (QED) is 0.190. The summed E-state index contributed by atoms with van der Waals surface area (Å²) in [5.74, 6) is -0.613. The number of nitriles is 1. The molecular formula is C34H30N6O4S. The first kappa shape index (κ1) is 29.6. The molecule has 1 amide bonds. The molecule has 1 fully saturated rings. The maximum atomic E-state index is 13.4. The molecule has 0 saturated carbocycles. The highest BCUT2D eigenvalue weighted by Crippen LogP contribution is 2.33. The van der Waals surface area contributed by atoms with Crippen LogP contribution in [0.2, 0.25) is 0 Å². The molecule has 0 spiro atoms. The van der Waals surface area contributed by atoms with Crippen molar-refractivity contribution in [3.63, 3.8) is 0 Å². The molecule has 45 heavy (non-hydrogen) atoms. The Labute approximate surface area is 261 Å². The van der Waals surface area contributed by atoms with Crippen LogP contribution in [0, 0.1) is 11.3 Å². The van der Waals surface area contributed by atoms with Crippen LogP contribution in [0.3, 0.4) is 0 Å². The van der Waals surface area contributed by atoms with Gasteiger partial charge < -0.3 is 20.4 Å². The van der Waals surface area contributed by atoms with E-state index in [0.29, 0.717) is 28.0 Å². The number of hydrogen-bond acceptors (Lipinski definition) is 8. The highest BCUT2D eigenvalue weighted by molar-refractivity contribution is 7.92. The van der Waals surface area contributed by atoms with Crippen molar-refractivity contribution in [1.82, 2.24) is 4.90 Å². The van der Waals surface area contributed by atoms with Gasteiger partial charge in [-0.15, -0.1) is 0 Å². The average molecular weight is 619 g/mol. The lowest BCUT2D eigenvalue weighted by atomic mass is 9.99. The standard InChI is InChI=1S/C34H30N6O4S/c1-39-15-17-40(18-16-39)28-10-8-26(9-11-28)36-22-31-30-14-7-25(20-32(30)37-34(31)42)33(41)24-3-2-4-27(19-24)38-45(43,44)29-12-5-23(21-35)6-13-29/h2-14,19-20,22,36,38H,15-18H2,1H3,(H,37,42)/b31-22+. The summed E-state index contributed by atoms with van der Waals surface area (Å²) in [6.45, 7) is 4.03. The molecule has 4 aromatic rings. The number of piperazine rings is 1. The second-order valence-corrected chi connectivity index (χ2v) is 12.6. The number of nitrogens with one attached hydrogen (secondary N) is 3. The molecule has 3 N–H and O–H groups in total. The van der Waals surface area contributed by atoms with E-state index in [1.165, 1.54) is 30.3 Å². The van der Waals surface area contributed by atoms with Crippen molar-refractivity contribution < 1.29 is 18.0 Å². The fourth-order valence-corrected chi connectivity index (χ4v) is 6.33. The minimum Gasteiger partial charge on any atom is -0.369 e. The molecular weight excluding hydrogens is 588 g/mol. The number of likely N-dealkylation sites (N-methyl/N-ethyl adjacent to an activating group) is 1. The number of nitrogens with zero attached hydrogens (tertiary/aromatic N) is 3. The second-order valence-electron chi connectivity index (χ2n) is 10.9. The number of benzene rings is 4. The summed E-state index contributed by atoms with van der Waals surface area (Å²) in [6.07, 6.45) is 1.66. The summed E-state index contributed by atoms with van der Waals surface area (Å²) >= 11 is 0. The van der Waals surface area contributed by atoms with Gasteiger partial charge in [-0.25, -0.2) is 8.42 Å². The Kier molecular flexibility index (Phi) is 8.08. The van der Waals surface area contributed by atoms with Crippen molar-refractivity contribution in [1.29, 1.82) is 5.26 Å². The molecule has 0 atom stereocenters. The van der Waals surface area contributed by atoms with Crippen molar-refractivity contribution >= 4 is 50.0 Å². The van der Waals surface area contributed by atoms with Gasteiger partial charge in [-0.05, 0) is 73.8 Å². The first-order valence-electron chi connectivity index (χ1n) is 14.3. The fourth-order valence-electron chi connectivity index (χ4n) is 5.28. The predicted octanol–water partition coefficient (Wildman–Crippen LogP) is 4.75. The number of fused-ring (bicyclic) bond motifs is 1. The van der Waals surface area contributed by atoms with E-state index in [-0.39, 0.29) is 27.8 Å². The Morgan fingerprint density at radius 3 is 2.31 bits per heavy atom. The van der Waals surface area contributed by atoms with Crippen molar-refractivity contribution in [3.8, 4) is 6.07 Å². The number of anilines is 4. The van der Waals surface area contributed by atoms with Crippen molar-refractivity contribution in [2.75, 3.05) is 53.5 Å². The van der Waals surface area contributed by atoms with E-state index in [9.17, 15) is 18.0 Å². The van der Waals surface area contributed by atoms with E-state index in [1.54, 1.807) is 42.6 Å². The summed E-state index contributed by atoms with van der Waals surface area (Å²) < 4.78 is 28.2. The number of carbonyl (C=O) groups excluding carboxylic acids is 2. The maximum absolute atomic E-state index is 13.4. The zero-order chi connectivity index (χ0) is 31.6. The van der Waals surface area contributed by atoms with Crippen LogP contribution in [0.1, 0.15) is 27.0 Å². The Balaban J connectivity index is 1.15. The summed E-state index contributed by atoms with van der Waals surface area (Å²) in [7, 11) is -1.81. The second kappa shape index (κ2) is 12.3. The van der Waals surface area contributed by atoms with Gasteiger partial charge in [0.2, 0.25) is 0 Å². The molecule has 0 aliphatic carbocycles. The van der Waals surface area contributed by atoms with Crippen LogP contribution in [-0.2, 0) is 14.8 Å². The molecule has 1 saturated heterocycles. The molecule has 6 rings (SSSR count). The molecule has 226 valence electrons. The van der Waals surface area contributed by atoms with Gasteiger partial charge in [-0.3, -0.25) is 14.3 Å². The molecule has 0 radical (unpaired) electrons. The number of ketones is 1. The number of carbonyl (C=O) groups is 2. The lowest BCUT2D eigenvalue weighted by Crippen LogP contribution is -2.44. The number of hydrogen-bond donors (Lipinski definition) is 3. The van der Waals surface area contributed by atoms with Crippen molar-refractivity contribution in [2.24, 2.45) is 0 Å². The number of sulfonamides is 1. The van der Waals surface area contributed by atoms with Gasteiger partial charge in [0.25, 0.3) is 15.9 Å². The normalized spacial score (nSPS) is 15.7. The minimum atomic E-state index is -3.93. The minimum absolute atomic E-state index is 0.00591. The van der Waals surface area contributed by atoms with E-state index in [2.05, 4.69) is 44.3 Å². The maximum Gasteiger partial charge on any atom is 0.261 e. The third-order valence-corrected chi connectivity index (χ3v) is 9.25. The van der Waals surface area contributed by atoms with Gasteiger partial charge in [-0.1, -0.05) is 24.3 Å². The van der Waals surface area contributed by atoms with E-state index in [4.69, 9.17) is 5.26 Å². The van der Waals surface area contributed by atoms with E-state index >= 15 is 0 Å². The SMILES string of the molecule is CN1CCN(c2ccc(N/C=C3/C(=O)Nc4cc(C(=O)c5cccc(NS(=O)(=O)c6ccc(C#N)cc6)c5)ccc43)cc2)CC1. The molecule has 11 heteroatoms. The third-order valence-electron chi connectivity index (χ3n) is 7.85. The van der Waals surface area contributed by atoms with E-state index in [1.807, 2.05) is 18.2 Å². The molecule has 2 heterocycles. The summed E-state index contributed by atoms with van der Waals surface area (Å²) in [5.41, 5.74) is 4.83. The molecule has 0 unspecified atom stereocenters. The first-order valence-corrected chi connectivity index (χ1v) is 15.8. The summed E-state index contributed by atoms with van der Waals surface area (Å²) in [6, 6.07) is 26.8. The van der Waals surface area contributed by atoms with Crippen LogP contribution in [-0.4, -0.2) is 58.2 Å². The van der Waals surface area contributed by atoms with Gasteiger partial charge in [0, 0.05) is 71.8 Å². The highest BCUT2D eigenvalue weighted by atomic mass is 32.2. The molecule has 2 aliphatic rings. The van der Waals surface area contributed by atoms with Crippen LogP contribution in [0.4, 0.5) is 22.7 Å². The van der Waals surface area contributed by atoms with Gasteiger partial charge in [0.15, 0.2) is 5.78 Å². The van der Waals surface area contributed by atoms with E-state index < -0.39 is 10.0 Å². The molecule has 10 nitrogen and oxygen atoms in total. The third kappa shape index (κ3) is 6.43. The average Bonchev–Trinajstić information content (AvgIpc) is 3.37. The number of amides is 1. The Bertz CT molecular complexity index is 1960. The molecule has 0 aromatic heterocycles.